The van der Waals surface area contributed by atoms with Gasteiger partial charge in [-0.25, -0.2) is 4.79 Å². The molecule has 0 spiro atoms. The Bertz CT molecular complexity index is 257. The number of rotatable bonds is 1. The number of hydrogen-bond donors (Lipinski definition) is 1. The van der Waals surface area contributed by atoms with Crippen molar-refractivity contribution in [3.05, 3.63) is 0 Å². The normalized spacial score (nSPS) is 28.2. The molecule has 1 N–H and O–H groups in total. The molecule has 2 aliphatic rings. The lowest BCUT2D eigenvalue weighted by Gasteiger charge is -2.30. The second kappa shape index (κ2) is 3.48. The molecule has 0 aliphatic carbocycles. The molecule has 14 heavy (non-hydrogen) atoms. The maximum Gasteiger partial charge on any atom is 0.320 e. The molecule has 0 aromatic rings. The first-order valence-electron chi connectivity index (χ1n) is 4.97. The largest absolute Gasteiger partial charge is 0.354 e. The molecule has 2 fully saturated rings. The molecule has 78 valence electrons. The Morgan fingerprint density at radius 3 is 2.64 bits per heavy atom. The van der Waals surface area contributed by atoms with Crippen LogP contribution in [0.15, 0.2) is 0 Å². The first-order chi connectivity index (χ1) is 6.68. The molecule has 1 atom stereocenters. The molecule has 0 radical (unpaired) electrons. The van der Waals surface area contributed by atoms with Crippen LogP contribution in [0.1, 0.15) is 12.8 Å². The lowest BCUT2D eigenvalue weighted by Crippen LogP contribution is -2.49. The van der Waals surface area contributed by atoms with Crippen molar-refractivity contribution in [3.63, 3.8) is 0 Å². The van der Waals surface area contributed by atoms with E-state index in [1.54, 1.807) is 4.90 Å². The minimum absolute atomic E-state index is 0.0890. The van der Waals surface area contributed by atoms with Gasteiger partial charge in [0, 0.05) is 33.1 Å². The first kappa shape index (κ1) is 9.30. The third kappa shape index (κ3) is 1.54. The predicted octanol–water partition coefficient (Wildman–Crippen LogP) is -0.368. The third-order valence-corrected chi connectivity index (χ3v) is 2.93. The van der Waals surface area contributed by atoms with E-state index in [9.17, 15) is 9.59 Å². The Kier molecular flexibility index (Phi) is 2.31. The van der Waals surface area contributed by atoms with Crippen LogP contribution in [0.3, 0.4) is 0 Å². The minimum Gasteiger partial charge on any atom is -0.354 e. The molecule has 5 heteroatoms. The molecular formula is C9H15N3O2. The van der Waals surface area contributed by atoms with Crippen LogP contribution < -0.4 is 5.32 Å². The second-order valence-corrected chi connectivity index (χ2v) is 3.89. The van der Waals surface area contributed by atoms with Gasteiger partial charge in [-0.1, -0.05) is 0 Å². The summed E-state index contributed by atoms with van der Waals surface area (Å²) in [5, 5.41) is 2.79. The van der Waals surface area contributed by atoms with E-state index in [0.29, 0.717) is 13.0 Å². The summed E-state index contributed by atoms with van der Waals surface area (Å²) in [6.07, 6.45) is 1.34. The van der Waals surface area contributed by atoms with Crippen molar-refractivity contribution in [1.29, 1.82) is 0 Å². The Morgan fingerprint density at radius 2 is 2.14 bits per heavy atom. The van der Waals surface area contributed by atoms with Crippen LogP contribution in [0.5, 0.6) is 0 Å². The predicted molar refractivity (Wildman–Crippen MR) is 50.8 cm³/mol. The van der Waals surface area contributed by atoms with Crippen molar-refractivity contribution in [2.75, 3.05) is 26.7 Å². The summed E-state index contributed by atoms with van der Waals surface area (Å²) in [4.78, 5) is 26.1. The number of nitrogens with one attached hydrogen (secondary N) is 1. The third-order valence-electron chi connectivity index (χ3n) is 2.93. The van der Waals surface area contributed by atoms with Crippen molar-refractivity contribution in [2.45, 2.75) is 18.9 Å². The van der Waals surface area contributed by atoms with E-state index >= 15 is 0 Å². The maximum absolute atomic E-state index is 11.6. The monoisotopic (exact) mass is 197 g/mol. The van der Waals surface area contributed by atoms with E-state index in [4.69, 9.17) is 0 Å². The Hall–Kier alpha value is -1.26. The fourth-order valence-corrected chi connectivity index (χ4v) is 1.99. The van der Waals surface area contributed by atoms with Crippen LogP contribution in [0.2, 0.25) is 0 Å². The van der Waals surface area contributed by atoms with Crippen molar-refractivity contribution >= 4 is 11.9 Å². The van der Waals surface area contributed by atoms with Crippen LogP contribution in [-0.2, 0) is 4.79 Å². The molecule has 2 heterocycles. The molecule has 0 saturated carbocycles. The highest BCUT2D eigenvalue weighted by molar-refractivity contribution is 5.79. The zero-order chi connectivity index (χ0) is 10.1. The number of urea groups is 1. The summed E-state index contributed by atoms with van der Waals surface area (Å²) < 4.78 is 0. The van der Waals surface area contributed by atoms with Gasteiger partial charge in [0.15, 0.2) is 0 Å². The lowest BCUT2D eigenvalue weighted by molar-refractivity contribution is -0.123. The van der Waals surface area contributed by atoms with Gasteiger partial charge in [0.2, 0.25) is 5.91 Å². The number of carbonyl (C=O) groups is 2. The molecular weight excluding hydrogens is 182 g/mol. The van der Waals surface area contributed by atoms with Crippen LogP contribution in [-0.4, -0.2) is 54.5 Å². The standard InChI is InChI=1S/C9H15N3O2/c1-11-4-5-12(9(11)14)7-2-3-8(13)10-6-7/h7H,2-6H2,1H3,(H,10,13). The van der Waals surface area contributed by atoms with E-state index < -0.39 is 0 Å². The molecule has 0 aromatic heterocycles. The van der Waals surface area contributed by atoms with Crippen molar-refractivity contribution in [2.24, 2.45) is 0 Å². The van der Waals surface area contributed by atoms with Gasteiger partial charge in [-0.3, -0.25) is 4.79 Å². The van der Waals surface area contributed by atoms with Gasteiger partial charge in [-0.2, -0.15) is 0 Å². The molecule has 1 unspecified atom stereocenters. The molecule has 0 aromatic carbocycles. The fraction of sp³-hybridized carbons (Fsp3) is 0.778. The molecule has 0 bridgehead atoms. The minimum atomic E-state index is 0.0890. The number of amides is 3. The van der Waals surface area contributed by atoms with Crippen LogP contribution >= 0.6 is 0 Å². The van der Waals surface area contributed by atoms with E-state index in [2.05, 4.69) is 5.32 Å². The average Bonchev–Trinajstić information content (AvgIpc) is 2.50. The highest BCUT2D eigenvalue weighted by Gasteiger charge is 2.33. The van der Waals surface area contributed by atoms with Crippen molar-refractivity contribution < 1.29 is 9.59 Å². The van der Waals surface area contributed by atoms with Crippen LogP contribution in [0, 0.1) is 0 Å². The first-order valence-corrected chi connectivity index (χ1v) is 4.97. The van der Waals surface area contributed by atoms with Gasteiger partial charge in [0.1, 0.15) is 0 Å². The summed E-state index contributed by atoms with van der Waals surface area (Å²) in [6.45, 7) is 2.19. The van der Waals surface area contributed by atoms with Crippen molar-refractivity contribution in [1.82, 2.24) is 15.1 Å². The molecule has 2 aliphatic heterocycles. The zero-order valence-electron chi connectivity index (χ0n) is 8.32. The quantitative estimate of drug-likeness (QED) is 0.623. The number of likely N-dealkylation sites (N-methyl/N-ethyl adjacent to an activating group) is 1. The SMILES string of the molecule is CN1CCN(C2CCC(=O)NC2)C1=O. The highest BCUT2D eigenvalue weighted by atomic mass is 16.2. The number of hydrogen-bond acceptors (Lipinski definition) is 2. The average molecular weight is 197 g/mol. The Labute approximate surface area is 83.0 Å². The van der Waals surface area contributed by atoms with Crippen molar-refractivity contribution in [3.8, 4) is 0 Å². The summed E-state index contributed by atoms with van der Waals surface area (Å²) in [5.41, 5.74) is 0. The van der Waals surface area contributed by atoms with Gasteiger partial charge in [0.25, 0.3) is 0 Å². The summed E-state index contributed by atoms with van der Waals surface area (Å²) >= 11 is 0. The fourth-order valence-electron chi connectivity index (χ4n) is 1.99. The van der Waals surface area contributed by atoms with Gasteiger partial charge in [-0.15, -0.1) is 0 Å². The molecule has 3 amide bonds. The van der Waals surface area contributed by atoms with Crippen LogP contribution in [0.25, 0.3) is 0 Å². The Morgan fingerprint density at radius 1 is 1.36 bits per heavy atom. The lowest BCUT2D eigenvalue weighted by atomic mass is 10.1. The zero-order valence-corrected chi connectivity index (χ0v) is 8.32. The number of nitrogens with zero attached hydrogens (tertiary/aromatic N) is 2. The van der Waals surface area contributed by atoms with E-state index in [0.717, 1.165) is 19.5 Å². The van der Waals surface area contributed by atoms with Gasteiger partial charge >= 0.3 is 6.03 Å². The summed E-state index contributed by atoms with van der Waals surface area (Å²) in [5.74, 6) is 0.0984. The smallest absolute Gasteiger partial charge is 0.320 e. The summed E-state index contributed by atoms with van der Waals surface area (Å²) in [6, 6.07) is 0.288. The molecule has 5 nitrogen and oxygen atoms in total. The Balaban J connectivity index is 1.96. The van der Waals surface area contributed by atoms with Gasteiger partial charge in [-0.05, 0) is 6.42 Å². The number of carbonyl (C=O) groups excluding carboxylic acids is 2. The van der Waals surface area contributed by atoms with E-state index in [1.165, 1.54) is 0 Å². The van der Waals surface area contributed by atoms with E-state index in [1.807, 2.05) is 11.9 Å². The van der Waals surface area contributed by atoms with Gasteiger partial charge in [0.05, 0.1) is 6.04 Å². The van der Waals surface area contributed by atoms with E-state index in [-0.39, 0.29) is 18.0 Å². The highest BCUT2D eigenvalue weighted by Crippen LogP contribution is 2.16. The maximum atomic E-state index is 11.6. The second-order valence-electron chi connectivity index (χ2n) is 3.89. The molecule has 2 rings (SSSR count). The van der Waals surface area contributed by atoms with Gasteiger partial charge < -0.3 is 15.1 Å². The summed E-state index contributed by atoms with van der Waals surface area (Å²) in [7, 11) is 1.81. The topological polar surface area (TPSA) is 52.6 Å². The van der Waals surface area contributed by atoms with Crippen LogP contribution in [0.4, 0.5) is 4.79 Å². The number of piperidine rings is 1. The molecule has 2 saturated heterocycles.